The molecule has 0 N–H and O–H groups in total. The Kier molecular flexibility index (Phi) is 8.30. The Bertz CT molecular complexity index is 993. The van der Waals surface area contributed by atoms with Gasteiger partial charge in [-0.3, -0.25) is 9.69 Å². The van der Waals surface area contributed by atoms with E-state index >= 15 is 0 Å². The van der Waals surface area contributed by atoms with E-state index in [1.807, 2.05) is 55.4 Å². The summed E-state index contributed by atoms with van der Waals surface area (Å²) in [6, 6.07) is 11.1. The number of hydrogen-bond acceptors (Lipinski definition) is 7. The number of methoxy groups -OCH3 is 2. The maximum absolute atomic E-state index is 13.4. The summed E-state index contributed by atoms with van der Waals surface area (Å²) in [5.41, 5.74) is 1.37. The first-order valence-electron chi connectivity index (χ1n) is 10.7. The number of ether oxygens (including phenoxy) is 3. The summed E-state index contributed by atoms with van der Waals surface area (Å²) in [5.74, 6) is 1.93. The summed E-state index contributed by atoms with van der Waals surface area (Å²) in [4.78, 5) is 21.9. The number of likely N-dealkylation sites (N-methyl/N-ethyl adjacent to an activating group) is 1. The first kappa shape index (κ1) is 23.8. The average Bonchev–Trinajstić information content (AvgIpc) is 3.21. The molecule has 0 spiro atoms. The summed E-state index contributed by atoms with van der Waals surface area (Å²) in [6.07, 6.45) is 2.09. The lowest BCUT2D eigenvalue weighted by molar-refractivity contribution is 0.0985. The molecule has 32 heavy (non-hydrogen) atoms. The predicted octanol–water partition coefficient (Wildman–Crippen LogP) is 4.70. The van der Waals surface area contributed by atoms with Gasteiger partial charge in [-0.25, -0.2) is 4.98 Å². The molecule has 0 aliphatic heterocycles. The molecule has 172 valence electrons. The zero-order valence-corrected chi connectivity index (χ0v) is 20.2. The number of unbranched alkanes of at least 4 members (excludes halogenated alkanes) is 1. The van der Waals surface area contributed by atoms with Gasteiger partial charge in [-0.05, 0) is 44.8 Å². The van der Waals surface area contributed by atoms with Gasteiger partial charge in [0.25, 0.3) is 5.91 Å². The van der Waals surface area contributed by atoms with E-state index in [2.05, 4.69) is 6.92 Å². The van der Waals surface area contributed by atoms with E-state index in [-0.39, 0.29) is 5.91 Å². The number of carbonyl (C=O) groups excluding carboxylic acids is 1. The fourth-order valence-corrected chi connectivity index (χ4v) is 4.13. The summed E-state index contributed by atoms with van der Waals surface area (Å²) >= 11 is 1.46. The molecule has 0 bridgehead atoms. The van der Waals surface area contributed by atoms with Crippen LogP contribution in [0.25, 0.3) is 10.2 Å². The Labute approximate surface area is 193 Å². The van der Waals surface area contributed by atoms with Gasteiger partial charge in [0.2, 0.25) is 0 Å². The maximum Gasteiger partial charge on any atom is 0.260 e. The number of rotatable bonds is 11. The number of aromatic nitrogens is 1. The van der Waals surface area contributed by atoms with Gasteiger partial charge in [0.05, 0.1) is 31.0 Å². The van der Waals surface area contributed by atoms with E-state index in [1.165, 1.54) is 11.3 Å². The second kappa shape index (κ2) is 11.2. The molecule has 0 saturated carbocycles. The molecule has 2 aromatic carbocycles. The lowest BCUT2D eigenvalue weighted by Crippen LogP contribution is -2.36. The predicted molar refractivity (Wildman–Crippen MR) is 130 cm³/mol. The lowest BCUT2D eigenvalue weighted by Gasteiger charge is -2.22. The molecule has 3 rings (SSSR count). The van der Waals surface area contributed by atoms with Crippen LogP contribution in [0.5, 0.6) is 17.2 Å². The van der Waals surface area contributed by atoms with Gasteiger partial charge in [0, 0.05) is 30.8 Å². The Morgan fingerprint density at radius 3 is 2.34 bits per heavy atom. The van der Waals surface area contributed by atoms with E-state index in [4.69, 9.17) is 19.2 Å². The summed E-state index contributed by atoms with van der Waals surface area (Å²) in [7, 11) is 7.17. The number of fused-ring (bicyclic) bond motifs is 1. The van der Waals surface area contributed by atoms with Crippen LogP contribution in [-0.4, -0.2) is 63.8 Å². The van der Waals surface area contributed by atoms with Gasteiger partial charge in [0.15, 0.2) is 16.6 Å². The number of anilines is 1. The summed E-state index contributed by atoms with van der Waals surface area (Å²) in [5, 5.41) is 0.644. The topological polar surface area (TPSA) is 64.1 Å². The molecule has 0 radical (unpaired) electrons. The number of carbonyl (C=O) groups is 1. The van der Waals surface area contributed by atoms with Crippen molar-refractivity contribution in [1.29, 1.82) is 0 Å². The van der Waals surface area contributed by atoms with Gasteiger partial charge < -0.3 is 19.1 Å². The smallest absolute Gasteiger partial charge is 0.260 e. The normalized spacial score (nSPS) is 11.1. The molecule has 1 aromatic heterocycles. The number of benzene rings is 2. The van der Waals surface area contributed by atoms with E-state index in [9.17, 15) is 4.79 Å². The zero-order valence-electron chi connectivity index (χ0n) is 19.4. The minimum absolute atomic E-state index is 0.0926. The number of thiazole rings is 1. The van der Waals surface area contributed by atoms with Crippen molar-refractivity contribution < 1.29 is 19.0 Å². The molecule has 3 aromatic rings. The third kappa shape index (κ3) is 5.69. The first-order valence-corrected chi connectivity index (χ1v) is 11.5. The quantitative estimate of drug-likeness (QED) is 0.389. The summed E-state index contributed by atoms with van der Waals surface area (Å²) < 4.78 is 17.5. The number of amides is 1. The standard InChI is InChI=1S/C24H31N3O4S/c1-6-7-14-31-18-10-8-17(9-11-18)23(28)27(13-12-26(2)3)24-25-19-15-20(29-4)21(30-5)16-22(19)32-24/h8-11,15-16H,6-7,12-14H2,1-5H3. The van der Waals surface area contributed by atoms with E-state index < -0.39 is 0 Å². The molecule has 0 unspecified atom stereocenters. The second-order valence-corrected chi connectivity index (χ2v) is 8.67. The maximum atomic E-state index is 13.4. The molecular formula is C24H31N3O4S. The van der Waals surface area contributed by atoms with Gasteiger partial charge in [0.1, 0.15) is 5.75 Å². The Morgan fingerprint density at radius 2 is 1.72 bits per heavy atom. The highest BCUT2D eigenvalue weighted by molar-refractivity contribution is 7.22. The van der Waals surface area contributed by atoms with E-state index in [0.717, 1.165) is 28.8 Å². The van der Waals surface area contributed by atoms with Gasteiger partial charge in [-0.1, -0.05) is 24.7 Å². The fraction of sp³-hybridized carbons (Fsp3) is 0.417. The molecular weight excluding hydrogens is 426 g/mol. The minimum atomic E-state index is -0.0926. The molecule has 0 fully saturated rings. The summed E-state index contributed by atoms with van der Waals surface area (Å²) in [6.45, 7) is 4.04. The van der Waals surface area contributed by atoms with E-state index in [1.54, 1.807) is 19.1 Å². The average molecular weight is 458 g/mol. The largest absolute Gasteiger partial charge is 0.494 e. The molecule has 0 atom stereocenters. The monoisotopic (exact) mass is 457 g/mol. The second-order valence-electron chi connectivity index (χ2n) is 7.66. The highest BCUT2D eigenvalue weighted by Crippen LogP contribution is 2.37. The molecule has 1 amide bonds. The van der Waals surface area contributed by atoms with Crippen molar-refractivity contribution in [2.24, 2.45) is 0 Å². The minimum Gasteiger partial charge on any atom is -0.494 e. The van der Waals surface area contributed by atoms with Crippen molar-refractivity contribution in [2.75, 3.05) is 52.9 Å². The van der Waals surface area contributed by atoms with Gasteiger partial charge in [-0.2, -0.15) is 0 Å². The van der Waals surface area contributed by atoms with Gasteiger partial charge in [-0.15, -0.1) is 0 Å². The Morgan fingerprint density at radius 1 is 1.03 bits per heavy atom. The van der Waals surface area contributed by atoms with Crippen molar-refractivity contribution in [3.8, 4) is 17.2 Å². The highest BCUT2D eigenvalue weighted by Gasteiger charge is 2.22. The van der Waals surface area contributed by atoms with Crippen molar-refractivity contribution in [2.45, 2.75) is 19.8 Å². The third-order valence-corrected chi connectivity index (χ3v) is 6.04. The van der Waals surface area contributed by atoms with Crippen LogP contribution < -0.4 is 19.1 Å². The van der Waals surface area contributed by atoms with Crippen LogP contribution in [-0.2, 0) is 0 Å². The molecule has 8 heteroatoms. The van der Waals surface area contributed by atoms with Gasteiger partial charge >= 0.3 is 0 Å². The highest BCUT2D eigenvalue weighted by atomic mass is 32.1. The molecule has 1 heterocycles. The lowest BCUT2D eigenvalue weighted by atomic mass is 10.2. The van der Waals surface area contributed by atoms with Crippen molar-refractivity contribution in [3.63, 3.8) is 0 Å². The first-order chi connectivity index (χ1) is 15.5. The molecule has 0 aliphatic rings. The van der Waals surface area contributed by atoms with Crippen molar-refractivity contribution in [3.05, 3.63) is 42.0 Å². The molecule has 0 saturated heterocycles. The Hall–Kier alpha value is -2.84. The van der Waals surface area contributed by atoms with Crippen LogP contribution in [0.4, 0.5) is 5.13 Å². The van der Waals surface area contributed by atoms with Crippen LogP contribution in [0, 0.1) is 0 Å². The zero-order chi connectivity index (χ0) is 23.1. The van der Waals surface area contributed by atoms with Crippen LogP contribution >= 0.6 is 11.3 Å². The Balaban J connectivity index is 1.89. The van der Waals surface area contributed by atoms with Crippen molar-refractivity contribution >= 4 is 32.6 Å². The number of hydrogen-bond donors (Lipinski definition) is 0. The molecule has 0 aliphatic carbocycles. The van der Waals surface area contributed by atoms with Crippen LogP contribution in [0.1, 0.15) is 30.1 Å². The van der Waals surface area contributed by atoms with E-state index in [0.29, 0.717) is 41.9 Å². The van der Waals surface area contributed by atoms with Crippen LogP contribution in [0.3, 0.4) is 0 Å². The SMILES string of the molecule is CCCCOc1ccc(C(=O)N(CCN(C)C)c2nc3cc(OC)c(OC)cc3s2)cc1. The van der Waals surface area contributed by atoms with Crippen LogP contribution in [0.15, 0.2) is 36.4 Å². The van der Waals surface area contributed by atoms with Crippen molar-refractivity contribution in [1.82, 2.24) is 9.88 Å². The fourth-order valence-electron chi connectivity index (χ4n) is 3.13. The molecule has 7 nitrogen and oxygen atoms in total. The number of nitrogens with zero attached hydrogens (tertiary/aromatic N) is 3. The van der Waals surface area contributed by atoms with Crippen LogP contribution in [0.2, 0.25) is 0 Å². The third-order valence-electron chi connectivity index (χ3n) is 5.00.